The van der Waals surface area contributed by atoms with Crippen molar-refractivity contribution < 1.29 is 9.53 Å². The van der Waals surface area contributed by atoms with E-state index in [1.807, 2.05) is 0 Å². The van der Waals surface area contributed by atoms with Gasteiger partial charge in [-0.2, -0.15) is 0 Å². The fourth-order valence-corrected chi connectivity index (χ4v) is 3.49. The molecule has 1 saturated carbocycles. The lowest BCUT2D eigenvalue weighted by Gasteiger charge is -2.22. The molecule has 0 aromatic rings. The average molecular weight is 240 g/mol. The van der Waals surface area contributed by atoms with Crippen LogP contribution in [0.1, 0.15) is 45.4 Å². The van der Waals surface area contributed by atoms with Gasteiger partial charge in [-0.1, -0.05) is 19.8 Å². The van der Waals surface area contributed by atoms with Crippen molar-refractivity contribution in [2.45, 2.75) is 51.6 Å². The second-order valence-corrected chi connectivity index (χ2v) is 5.61. The molecular weight excluding hydrogens is 220 g/mol. The van der Waals surface area contributed by atoms with Gasteiger partial charge < -0.3 is 4.74 Å². The third-order valence-electron chi connectivity index (χ3n) is 3.42. The molecule has 16 heavy (non-hydrogen) atoms. The first-order valence-corrected chi connectivity index (χ1v) is 7.40. The summed E-state index contributed by atoms with van der Waals surface area (Å²) in [5.74, 6) is 1.46. The van der Waals surface area contributed by atoms with Crippen LogP contribution in [0.15, 0.2) is 11.0 Å². The van der Waals surface area contributed by atoms with Gasteiger partial charge in [0.1, 0.15) is 6.10 Å². The van der Waals surface area contributed by atoms with Crippen LogP contribution in [0.3, 0.4) is 0 Å². The van der Waals surface area contributed by atoms with E-state index in [1.54, 1.807) is 11.8 Å². The molecule has 1 saturated heterocycles. The number of carbonyl (C=O) groups excluding carboxylic acids is 1. The Morgan fingerprint density at radius 1 is 1.44 bits per heavy atom. The van der Waals surface area contributed by atoms with Gasteiger partial charge in [-0.15, -0.1) is 11.8 Å². The SMILES string of the molecule is CCCCSC=C1C(=O)O[C@@H]2CCCC[C@@H]12. The van der Waals surface area contributed by atoms with Gasteiger partial charge in [-0.25, -0.2) is 4.79 Å². The summed E-state index contributed by atoms with van der Waals surface area (Å²) in [7, 11) is 0. The molecule has 0 radical (unpaired) electrons. The smallest absolute Gasteiger partial charge is 0.335 e. The summed E-state index contributed by atoms with van der Waals surface area (Å²) in [6.07, 6.45) is 7.28. The molecule has 0 aromatic heterocycles. The summed E-state index contributed by atoms with van der Waals surface area (Å²) in [4.78, 5) is 11.7. The van der Waals surface area contributed by atoms with E-state index >= 15 is 0 Å². The van der Waals surface area contributed by atoms with Crippen LogP contribution >= 0.6 is 11.8 Å². The maximum absolute atomic E-state index is 11.7. The molecular formula is C13H20O2S. The van der Waals surface area contributed by atoms with Crippen LogP contribution in [-0.4, -0.2) is 17.8 Å². The van der Waals surface area contributed by atoms with Crippen molar-refractivity contribution in [3.63, 3.8) is 0 Å². The third-order valence-corrected chi connectivity index (χ3v) is 4.37. The fourth-order valence-electron chi connectivity index (χ4n) is 2.46. The van der Waals surface area contributed by atoms with Crippen molar-refractivity contribution in [3.8, 4) is 0 Å². The molecule has 3 heteroatoms. The van der Waals surface area contributed by atoms with Gasteiger partial charge in [-0.05, 0) is 36.8 Å². The Bertz CT molecular complexity index is 286. The van der Waals surface area contributed by atoms with E-state index in [-0.39, 0.29) is 12.1 Å². The lowest BCUT2D eigenvalue weighted by atomic mass is 9.84. The number of ether oxygens (including phenoxy) is 1. The van der Waals surface area contributed by atoms with Gasteiger partial charge in [0, 0.05) is 5.92 Å². The first kappa shape index (κ1) is 12.0. The van der Waals surface area contributed by atoms with E-state index in [0.717, 1.165) is 24.2 Å². The Kier molecular flexibility index (Phi) is 4.33. The van der Waals surface area contributed by atoms with Gasteiger partial charge in [0.05, 0.1) is 5.57 Å². The number of esters is 1. The number of rotatable bonds is 4. The largest absolute Gasteiger partial charge is 0.458 e. The van der Waals surface area contributed by atoms with Crippen molar-refractivity contribution >= 4 is 17.7 Å². The Labute approximate surface area is 102 Å². The molecule has 2 atom stereocenters. The van der Waals surface area contributed by atoms with Crippen LogP contribution in [0.5, 0.6) is 0 Å². The van der Waals surface area contributed by atoms with Crippen LogP contribution < -0.4 is 0 Å². The zero-order valence-electron chi connectivity index (χ0n) is 9.91. The van der Waals surface area contributed by atoms with Crippen molar-refractivity contribution in [1.29, 1.82) is 0 Å². The number of thioether (sulfide) groups is 1. The minimum absolute atomic E-state index is 0.0547. The van der Waals surface area contributed by atoms with E-state index < -0.39 is 0 Å². The van der Waals surface area contributed by atoms with Crippen LogP contribution in [0.25, 0.3) is 0 Å². The van der Waals surface area contributed by atoms with E-state index in [2.05, 4.69) is 12.3 Å². The number of unbranched alkanes of at least 4 members (excludes halogenated alkanes) is 1. The van der Waals surface area contributed by atoms with Crippen molar-refractivity contribution in [2.75, 3.05) is 5.75 Å². The van der Waals surface area contributed by atoms with Gasteiger partial charge in [-0.3, -0.25) is 0 Å². The second kappa shape index (κ2) is 5.76. The number of carbonyl (C=O) groups is 1. The number of hydrogen-bond acceptors (Lipinski definition) is 3. The number of fused-ring (bicyclic) bond motifs is 1. The van der Waals surface area contributed by atoms with Gasteiger partial charge in [0.25, 0.3) is 0 Å². The third kappa shape index (κ3) is 2.62. The first-order chi connectivity index (χ1) is 7.83. The standard InChI is InChI=1S/C13H20O2S/c1-2-3-8-16-9-11-10-6-4-5-7-12(10)15-13(11)14/h9-10,12H,2-8H2,1H3/t10-,12+/m0/s1. The zero-order chi connectivity index (χ0) is 11.4. The van der Waals surface area contributed by atoms with Crippen LogP contribution in [0.2, 0.25) is 0 Å². The van der Waals surface area contributed by atoms with Crippen LogP contribution in [-0.2, 0) is 9.53 Å². The molecule has 90 valence electrons. The Morgan fingerprint density at radius 3 is 3.06 bits per heavy atom. The molecule has 2 rings (SSSR count). The molecule has 0 spiro atoms. The highest BCUT2D eigenvalue weighted by Gasteiger charge is 2.40. The van der Waals surface area contributed by atoms with Crippen LogP contribution in [0.4, 0.5) is 0 Å². The predicted octanol–water partition coefficient (Wildman–Crippen LogP) is 3.52. The summed E-state index contributed by atoms with van der Waals surface area (Å²) in [6, 6.07) is 0. The zero-order valence-corrected chi connectivity index (χ0v) is 10.7. The molecule has 0 unspecified atom stereocenters. The summed E-state index contributed by atoms with van der Waals surface area (Å²) in [6.45, 7) is 2.19. The minimum Gasteiger partial charge on any atom is -0.458 e. The lowest BCUT2D eigenvalue weighted by Crippen LogP contribution is -2.20. The molecule has 2 fully saturated rings. The lowest BCUT2D eigenvalue weighted by molar-refractivity contribution is -0.139. The van der Waals surface area contributed by atoms with Gasteiger partial charge >= 0.3 is 5.97 Å². The fraction of sp³-hybridized carbons (Fsp3) is 0.769. The highest BCUT2D eigenvalue weighted by atomic mass is 32.2. The first-order valence-electron chi connectivity index (χ1n) is 6.35. The molecule has 0 amide bonds. The Balaban J connectivity index is 1.94. The Hall–Kier alpha value is -0.440. The monoisotopic (exact) mass is 240 g/mol. The highest BCUT2D eigenvalue weighted by Crippen LogP contribution is 2.39. The van der Waals surface area contributed by atoms with Gasteiger partial charge in [0.15, 0.2) is 0 Å². The summed E-state index contributed by atoms with van der Waals surface area (Å²) in [5, 5.41) is 2.06. The molecule has 0 bridgehead atoms. The van der Waals surface area contributed by atoms with Crippen molar-refractivity contribution in [2.24, 2.45) is 5.92 Å². The molecule has 2 nitrogen and oxygen atoms in total. The minimum atomic E-state index is -0.0547. The molecule has 1 aliphatic carbocycles. The molecule has 1 heterocycles. The summed E-state index contributed by atoms with van der Waals surface area (Å²) < 4.78 is 5.41. The number of hydrogen-bond donors (Lipinski definition) is 0. The Morgan fingerprint density at radius 2 is 2.25 bits per heavy atom. The maximum Gasteiger partial charge on any atom is 0.335 e. The normalized spacial score (nSPS) is 31.6. The summed E-state index contributed by atoms with van der Waals surface area (Å²) in [5.41, 5.74) is 0.950. The van der Waals surface area contributed by atoms with E-state index in [1.165, 1.54) is 25.7 Å². The molecule has 1 aliphatic heterocycles. The summed E-state index contributed by atoms with van der Waals surface area (Å²) >= 11 is 1.77. The average Bonchev–Trinajstić information content (AvgIpc) is 2.61. The van der Waals surface area contributed by atoms with E-state index in [9.17, 15) is 4.79 Å². The molecule has 0 aromatic carbocycles. The predicted molar refractivity (Wildman–Crippen MR) is 67.3 cm³/mol. The van der Waals surface area contributed by atoms with E-state index in [0.29, 0.717) is 5.92 Å². The van der Waals surface area contributed by atoms with E-state index in [4.69, 9.17) is 4.74 Å². The van der Waals surface area contributed by atoms with Crippen LogP contribution in [0, 0.1) is 5.92 Å². The maximum atomic E-state index is 11.7. The topological polar surface area (TPSA) is 26.3 Å². The van der Waals surface area contributed by atoms with Crippen molar-refractivity contribution in [3.05, 3.63) is 11.0 Å². The second-order valence-electron chi connectivity index (χ2n) is 4.63. The highest BCUT2D eigenvalue weighted by molar-refractivity contribution is 8.02. The molecule has 2 aliphatic rings. The van der Waals surface area contributed by atoms with Crippen molar-refractivity contribution in [1.82, 2.24) is 0 Å². The van der Waals surface area contributed by atoms with Gasteiger partial charge in [0.2, 0.25) is 0 Å². The quantitative estimate of drug-likeness (QED) is 0.427. The molecule has 0 N–H and O–H groups in total.